The highest BCUT2D eigenvalue weighted by Crippen LogP contribution is 2.22. The van der Waals surface area contributed by atoms with Gasteiger partial charge in [-0.05, 0) is 41.8 Å². The number of sulfone groups is 1. The maximum absolute atomic E-state index is 11.9. The molecule has 1 heterocycles. The highest BCUT2D eigenvalue weighted by molar-refractivity contribution is 7.91. The number of urea groups is 1. The fourth-order valence-corrected chi connectivity index (χ4v) is 4.36. The van der Waals surface area contributed by atoms with Gasteiger partial charge in [-0.15, -0.1) is 0 Å². The standard InChI is InChI=1S/C17H19N3O3S/c18-14-5-1-12(2-6-14)13-3-7-15(8-4-13)19-17(21)20-16-9-10-24(22,23)11-16/h1-8,16H,9-11,18H2,(H2,19,20,21). The third kappa shape index (κ3) is 4.05. The Morgan fingerprint density at radius 1 is 1.00 bits per heavy atom. The van der Waals surface area contributed by atoms with Gasteiger partial charge < -0.3 is 16.4 Å². The zero-order valence-corrected chi connectivity index (χ0v) is 13.8. The maximum Gasteiger partial charge on any atom is 0.319 e. The largest absolute Gasteiger partial charge is 0.399 e. The third-order valence-corrected chi connectivity index (χ3v) is 5.72. The average Bonchev–Trinajstić information content (AvgIpc) is 2.87. The Kier molecular flexibility index (Phi) is 4.44. The van der Waals surface area contributed by atoms with Gasteiger partial charge in [0.25, 0.3) is 0 Å². The molecule has 24 heavy (non-hydrogen) atoms. The number of anilines is 2. The lowest BCUT2D eigenvalue weighted by atomic mass is 10.1. The van der Waals surface area contributed by atoms with Gasteiger partial charge in [-0.3, -0.25) is 0 Å². The van der Waals surface area contributed by atoms with Crippen LogP contribution in [0, 0.1) is 0 Å². The molecule has 1 fully saturated rings. The lowest BCUT2D eigenvalue weighted by Gasteiger charge is -2.12. The number of rotatable bonds is 3. The minimum absolute atomic E-state index is 0.0104. The quantitative estimate of drug-likeness (QED) is 0.743. The molecular weight excluding hydrogens is 326 g/mol. The number of hydrogen-bond acceptors (Lipinski definition) is 4. The SMILES string of the molecule is Nc1ccc(-c2ccc(NC(=O)NC3CCS(=O)(=O)C3)cc2)cc1. The normalized spacial score (nSPS) is 18.9. The molecule has 0 radical (unpaired) electrons. The second kappa shape index (κ2) is 6.52. The first-order chi connectivity index (χ1) is 11.4. The number of nitrogens with two attached hydrogens (primary N) is 1. The third-order valence-electron chi connectivity index (χ3n) is 3.95. The fourth-order valence-electron chi connectivity index (χ4n) is 2.68. The lowest BCUT2D eigenvalue weighted by molar-refractivity contribution is 0.249. The van der Waals surface area contributed by atoms with Crippen molar-refractivity contribution in [3.8, 4) is 11.1 Å². The van der Waals surface area contributed by atoms with Crippen LogP contribution in [0.4, 0.5) is 16.2 Å². The van der Waals surface area contributed by atoms with Gasteiger partial charge in [0.2, 0.25) is 0 Å². The Hall–Kier alpha value is -2.54. The molecule has 0 bridgehead atoms. The summed E-state index contributed by atoms with van der Waals surface area (Å²) in [6, 6.07) is 14.3. The first-order valence-corrected chi connectivity index (χ1v) is 9.47. The number of benzene rings is 2. The summed E-state index contributed by atoms with van der Waals surface area (Å²) in [5.41, 5.74) is 9.09. The smallest absolute Gasteiger partial charge is 0.319 e. The number of nitrogens with one attached hydrogen (secondary N) is 2. The first-order valence-electron chi connectivity index (χ1n) is 7.65. The van der Waals surface area contributed by atoms with Crippen molar-refractivity contribution in [2.45, 2.75) is 12.5 Å². The van der Waals surface area contributed by atoms with Crippen molar-refractivity contribution in [3.05, 3.63) is 48.5 Å². The first kappa shape index (κ1) is 16.3. The molecule has 0 aliphatic carbocycles. The van der Waals surface area contributed by atoms with Crippen LogP contribution in [0.2, 0.25) is 0 Å². The molecule has 0 aromatic heterocycles. The Bertz CT molecular complexity index is 830. The van der Waals surface area contributed by atoms with E-state index in [1.54, 1.807) is 12.1 Å². The molecule has 0 spiro atoms. The summed E-state index contributed by atoms with van der Waals surface area (Å²) in [5.74, 6) is 0.144. The van der Waals surface area contributed by atoms with Crippen LogP contribution in [0.25, 0.3) is 11.1 Å². The monoisotopic (exact) mass is 345 g/mol. The van der Waals surface area contributed by atoms with E-state index in [0.29, 0.717) is 17.8 Å². The number of carbonyl (C=O) groups excluding carboxylic acids is 1. The summed E-state index contributed by atoms with van der Waals surface area (Å²) >= 11 is 0. The van der Waals surface area contributed by atoms with Crippen LogP contribution in [0.3, 0.4) is 0 Å². The van der Waals surface area contributed by atoms with Gasteiger partial charge in [-0.2, -0.15) is 0 Å². The summed E-state index contributed by atoms with van der Waals surface area (Å²) in [6.45, 7) is 0. The molecule has 1 saturated heterocycles. The molecule has 3 rings (SSSR count). The van der Waals surface area contributed by atoms with E-state index in [9.17, 15) is 13.2 Å². The zero-order valence-electron chi connectivity index (χ0n) is 13.0. The Morgan fingerprint density at radius 3 is 2.12 bits per heavy atom. The molecule has 1 aliphatic rings. The van der Waals surface area contributed by atoms with E-state index < -0.39 is 15.9 Å². The fraction of sp³-hybridized carbons (Fsp3) is 0.235. The van der Waals surface area contributed by atoms with E-state index in [-0.39, 0.29) is 17.5 Å². The lowest BCUT2D eigenvalue weighted by Crippen LogP contribution is -2.38. The van der Waals surface area contributed by atoms with Crippen LogP contribution in [-0.4, -0.2) is 32.0 Å². The van der Waals surface area contributed by atoms with E-state index in [2.05, 4.69) is 10.6 Å². The summed E-state index contributed by atoms with van der Waals surface area (Å²) in [4.78, 5) is 11.9. The van der Waals surface area contributed by atoms with Gasteiger partial charge in [-0.25, -0.2) is 13.2 Å². The Labute approximate surface area is 141 Å². The zero-order chi connectivity index (χ0) is 17.2. The predicted molar refractivity (Wildman–Crippen MR) is 95.5 cm³/mol. The van der Waals surface area contributed by atoms with Crippen molar-refractivity contribution >= 4 is 27.2 Å². The van der Waals surface area contributed by atoms with Crippen molar-refractivity contribution < 1.29 is 13.2 Å². The number of nitrogen functional groups attached to an aromatic ring is 1. The van der Waals surface area contributed by atoms with E-state index in [1.165, 1.54) is 0 Å². The molecule has 1 unspecified atom stereocenters. The maximum atomic E-state index is 11.9. The van der Waals surface area contributed by atoms with Crippen molar-refractivity contribution in [3.63, 3.8) is 0 Å². The second-order valence-electron chi connectivity index (χ2n) is 5.90. The summed E-state index contributed by atoms with van der Waals surface area (Å²) < 4.78 is 22.8. The molecule has 1 atom stereocenters. The number of carbonyl (C=O) groups is 1. The molecule has 126 valence electrons. The van der Waals surface area contributed by atoms with E-state index in [0.717, 1.165) is 11.1 Å². The van der Waals surface area contributed by atoms with Gasteiger partial charge in [-0.1, -0.05) is 24.3 Å². The molecule has 7 heteroatoms. The molecule has 6 nitrogen and oxygen atoms in total. The summed E-state index contributed by atoms with van der Waals surface area (Å²) in [6.07, 6.45) is 0.464. The summed E-state index contributed by atoms with van der Waals surface area (Å²) in [7, 11) is -3.00. The van der Waals surface area contributed by atoms with Gasteiger partial charge >= 0.3 is 6.03 Å². The van der Waals surface area contributed by atoms with Crippen molar-refractivity contribution in [2.75, 3.05) is 22.6 Å². The molecule has 2 aromatic carbocycles. The minimum Gasteiger partial charge on any atom is -0.399 e. The van der Waals surface area contributed by atoms with Gasteiger partial charge in [0.05, 0.1) is 11.5 Å². The molecule has 2 aromatic rings. The summed E-state index contributed by atoms with van der Waals surface area (Å²) in [5, 5.41) is 5.41. The van der Waals surface area contributed by atoms with Gasteiger partial charge in [0.15, 0.2) is 9.84 Å². The predicted octanol–water partition coefficient (Wildman–Crippen LogP) is 2.24. The van der Waals surface area contributed by atoms with Crippen molar-refractivity contribution in [1.82, 2.24) is 5.32 Å². The number of amides is 2. The molecule has 1 aliphatic heterocycles. The highest BCUT2D eigenvalue weighted by atomic mass is 32.2. The Morgan fingerprint density at radius 2 is 1.58 bits per heavy atom. The van der Waals surface area contributed by atoms with E-state index in [4.69, 9.17) is 5.73 Å². The van der Waals surface area contributed by atoms with Crippen molar-refractivity contribution in [1.29, 1.82) is 0 Å². The Balaban J connectivity index is 1.60. The molecule has 4 N–H and O–H groups in total. The van der Waals surface area contributed by atoms with Crippen LogP contribution >= 0.6 is 0 Å². The topological polar surface area (TPSA) is 101 Å². The second-order valence-corrected chi connectivity index (χ2v) is 8.13. The van der Waals surface area contributed by atoms with Crippen LogP contribution in [0.15, 0.2) is 48.5 Å². The van der Waals surface area contributed by atoms with E-state index >= 15 is 0 Å². The van der Waals surface area contributed by atoms with Crippen molar-refractivity contribution in [2.24, 2.45) is 0 Å². The van der Waals surface area contributed by atoms with Gasteiger partial charge in [0, 0.05) is 17.4 Å². The van der Waals surface area contributed by atoms with Gasteiger partial charge in [0.1, 0.15) is 0 Å². The molecular formula is C17H19N3O3S. The average molecular weight is 345 g/mol. The van der Waals surface area contributed by atoms with Crippen LogP contribution in [0.1, 0.15) is 6.42 Å². The molecule has 0 saturated carbocycles. The molecule has 2 amide bonds. The van der Waals surface area contributed by atoms with Crippen LogP contribution in [0.5, 0.6) is 0 Å². The van der Waals surface area contributed by atoms with Crippen LogP contribution in [-0.2, 0) is 9.84 Å². The minimum atomic E-state index is -3.00. The van der Waals surface area contributed by atoms with Crippen LogP contribution < -0.4 is 16.4 Å². The highest BCUT2D eigenvalue weighted by Gasteiger charge is 2.28. The van der Waals surface area contributed by atoms with E-state index in [1.807, 2.05) is 36.4 Å². The number of hydrogen-bond donors (Lipinski definition) is 3.